The van der Waals surface area contributed by atoms with Crippen molar-refractivity contribution in [3.63, 3.8) is 0 Å². The van der Waals surface area contributed by atoms with Crippen molar-refractivity contribution in [2.75, 3.05) is 0 Å². The zero-order valence-corrected chi connectivity index (χ0v) is 11.4. The maximum atomic E-state index is 12.2. The Morgan fingerprint density at radius 3 is 2.53 bits per heavy atom. The first-order valence-electron chi connectivity index (χ1n) is 6.36. The molecule has 1 rings (SSSR count). The first-order valence-corrected chi connectivity index (χ1v) is 6.36. The summed E-state index contributed by atoms with van der Waals surface area (Å²) in [5.74, 6) is -0.189. The highest BCUT2D eigenvalue weighted by molar-refractivity contribution is 5.88. The first-order chi connectivity index (χ1) is 7.81. The molecule has 0 N–H and O–H groups in total. The van der Waals surface area contributed by atoms with E-state index in [1.54, 1.807) is 18.7 Å². The van der Waals surface area contributed by atoms with Gasteiger partial charge in [-0.2, -0.15) is 0 Å². The summed E-state index contributed by atoms with van der Waals surface area (Å²) in [4.78, 5) is 25.6. The van der Waals surface area contributed by atoms with Gasteiger partial charge in [0.2, 0.25) is 5.91 Å². The van der Waals surface area contributed by atoms with E-state index in [-0.39, 0.29) is 17.8 Å². The summed E-state index contributed by atoms with van der Waals surface area (Å²) < 4.78 is 5.30. The van der Waals surface area contributed by atoms with Crippen molar-refractivity contribution in [2.45, 2.75) is 65.6 Å². The van der Waals surface area contributed by atoms with Gasteiger partial charge in [-0.1, -0.05) is 27.2 Å². The number of carbonyl (C=O) groups is 2. The molecule has 1 atom stereocenters. The van der Waals surface area contributed by atoms with Gasteiger partial charge in [-0.15, -0.1) is 0 Å². The summed E-state index contributed by atoms with van der Waals surface area (Å²) in [5.41, 5.74) is -0.809. The van der Waals surface area contributed by atoms with Gasteiger partial charge in [-0.3, -0.25) is 9.69 Å². The van der Waals surface area contributed by atoms with Crippen LogP contribution in [0.1, 0.15) is 53.9 Å². The van der Waals surface area contributed by atoms with Crippen LogP contribution in [-0.4, -0.2) is 28.5 Å². The smallest absolute Gasteiger partial charge is 0.331 e. The molecule has 0 spiro atoms. The molecule has 0 aromatic heterocycles. The highest BCUT2D eigenvalue weighted by Crippen LogP contribution is 2.32. The van der Waals surface area contributed by atoms with Crippen LogP contribution in [-0.2, 0) is 14.3 Å². The van der Waals surface area contributed by atoms with Crippen molar-refractivity contribution < 1.29 is 14.3 Å². The number of cyclic esters (lactones) is 1. The lowest BCUT2D eigenvalue weighted by Gasteiger charge is -2.33. The number of amides is 1. The molecule has 17 heavy (non-hydrogen) atoms. The highest BCUT2D eigenvalue weighted by Gasteiger charge is 2.50. The Morgan fingerprint density at radius 2 is 2.06 bits per heavy atom. The van der Waals surface area contributed by atoms with Crippen LogP contribution in [0.3, 0.4) is 0 Å². The number of ether oxygens (including phenoxy) is 1. The van der Waals surface area contributed by atoms with Gasteiger partial charge in [0.25, 0.3) is 0 Å². The van der Waals surface area contributed by atoms with Crippen LogP contribution < -0.4 is 0 Å². The lowest BCUT2D eigenvalue weighted by molar-refractivity contribution is -0.154. The van der Waals surface area contributed by atoms with Crippen LogP contribution in [0, 0.1) is 5.92 Å². The Bertz CT molecular complexity index is 310. The molecule has 0 radical (unpaired) electrons. The molecule has 1 aliphatic rings. The fourth-order valence-corrected chi connectivity index (χ4v) is 2.27. The molecule has 0 bridgehead atoms. The van der Waals surface area contributed by atoms with Crippen LogP contribution in [0.4, 0.5) is 0 Å². The van der Waals surface area contributed by atoms with Crippen LogP contribution in [0.2, 0.25) is 0 Å². The van der Waals surface area contributed by atoms with Gasteiger partial charge < -0.3 is 4.74 Å². The normalized spacial score (nSPS) is 23.1. The molecule has 1 fully saturated rings. The molecule has 0 aliphatic carbocycles. The van der Waals surface area contributed by atoms with Gasteiger partial charge in [0.15, 0.2) is 5.72 Å². The minimum atomic E-state index is -0.809. The topological polar surface area (TPSA) is 46.6 Å². The van der Waals surface area contributed by atoms with E-state index in [4.69, 9.17) is 4.74 Å². The largest absolute Gasteiger partial charge is 0.438 e. The summed E-state index contributed by atoms with van der Waals surface area (Å²) in [5, 5.41) is 0. The number of rotatable bonds is 4. The second kappa shape index (κ2) is 5.07. The lowest BCUT2D eigenvalue weighted by Crippen LogP contribution is -2.49. The van der Waals surface area contributed by atoms with E-state index in [1.165, 1.54) is 0 Å². The fraction of sp³-hybridized carbons (Fsp3) is 0.846. The molecular formula is C13H23NO3. The molecule has 4 heteroatoms. The van der Waals surface area contributed by atoms with Crippen molar-refractivity contribution >= 4 is 11.9 Å². The molecule has 0 aromatic carbocycles. The van der Waals surface area contributed by atoms with Crippen molar-refractivity contribution in [1.82, 2.24) is 4.90 Å². The van der Waals surface area contributed by atoms with Gasteiger partial charge >= 0.3 is 5.97 Å². The number of hydrogen-bond donors (Lipinski definition) is 0. The monoisotopic (exact) mass is 241 g/mol. The SMILES string of the molecule is CCCCC(=O)N1C(C(C)C)C(=O)OC1(C)C. The summed E-state index contributed by atoms with van der Waals surface area (Å²) in [7, 11) is 0. The van der Waals surface area contributed by atoms with E-state index < -0.39 is 11.8 Å². The van der Waals surface area contributed by atoms with Gasteiger partial charge in [-0.25, -0.2) is 4.79 Å². The highest BCUT2D eigenvalue weighted by atomic mass is 16.6. The van der Waals surface area contributed by atoms with Crippen molar-refractivity contribution in [3.8, 4) is 0 Å². The second-order valence-corrected chi connectivity index (χ2v) is 5.42. The van der Waals surface area contributed by atoms with Crippen LogP contribution >= 0.6 is 0 Å². The number of hydrogen-bond acceptors (Lipinski definition) is 3. The standard InChI is InChI=1S/C13H23NO3/c1-6-7-8-10(15)14-11(9(2)3)12(16)17-13(14,4)5/h9,11H,6-8H2,1-5H3. The molecule has 0 aromatic rings. The zero-order valence-electron chi connectivity index (χ0n) is 11.4. The van der Waals surface area contributed by atoms with Gasteiger partial charge in [0.1, 0.15) is 6.04 Å². The van der Waals surface area contributed by atoms with Crippen LogP contribution in [0.15, 0.2) is 0 Å². The Kier molecular flexibility index (Phi) is 4.17. The number of esters is 1. The Labute approximate surface area is 103 Å². The fourth-order valence-electron chi connectivity index (χ4n) is 2.27. The van der Waals surface area contributed by atoms with E-state index in [0.717, 1.165) is 12.8 Å². The Morgan fingerprint density at radius 1 is 1.47 bits per heavy atom. The molecule has 1 amide bonds. The predicted molar refractivity (Wildman–Crippen MR) is 65.2 cm³/mol. The van der Waals surface area contributed by atoms with Crippen molar-refractivity contribution in [3.05, 3.63) is 0 Å². The van der Waals surface area contributed by atoms with Crippen molar-refractivity contribution in [2.24, 2.45) is 5.92 Å². The van der Waals surface area contributed by atoms with Crippen LogP contribution in [0.25, 0.3) is 0 Å². The van der Waals surface area contributed by atoms with Gasteiger partial charge in [-0.05, 0) is 26.2 Å². The molecule has 1 unspecified atom stereocenters. The Hall–Kier alpha value is -1.06. The number of carbonyl (C=O) groups excluding carboxylic acids is 2. The van der Waals surface area contributed by atoms with Crippen LogP contribution in [0.5, 0.6) is 0 Å². The van der Waals surface area contributed by atoms with E-state index >= 15 is 0 Å². The molecule has 1 heterocycles. The maximum absolute atomic E-state index is 12.2. The minimum absolute atomic E-state index is 0.0152. The zero-order chi connectivity index (χ0) is 13.2. The second-order valence-electron chi connectivity index (χ2n) is 5.42. The van der Waals surface area contributed by atoms with Gasteiger partial charge in [0.05, 0.1) is 0 Å². The molecule has 0 saturated carbocycles. The quantitative estimate of drug-likeness (QED) is 0.710. The lowest BCUT2D eigenvalue weighted by atomic mass is 10.0. The van der Waals surface area contributed by atoms with E-state index in [9.17, 15) is 9.59 Å². The predicted octanol–water partition coefficient (Wildman–Crippen LogP) is 2.32. The van der Waals surface area contributed by atoms with Crippen molar-refractivity contribution in [1.29, 1.82) is 0 Å². The molecule has 98 valence electrons. The maximum Gasteiger partial charge on any atom is 0.331 e. The van der Waals surface area contributed by atoms with E-state index in [0.29, 0.717) is 6.42 Å². The molecule has 1 aliphatic heterocycles. The molecule has 4 nitrogen and oxygen atoms in total. The number of unbranched alkanes of at least 4 members (excludes halogenated alkanes) is 1. The minimum Gasteiger partial charge on any atom is -0.438 e. The average Bonchev–Trinajstić information content (AvgIpc) is 2.44. The number of nitrogens with zero attached hydrogens (tertiary/aromatic N) is 1. The first kappa shape index (κ1) is 14.0. The molecular weight excluding hydrogens is 218 g/mol. The third-order valence-corrected chi connectivity index (χ3v) is 3.09. The summed E-state index contributed by atoms with van der Waals surface area (Å²) >= 11 is 0. The third-order valence-electron chi connectivity index (χ3n) is 3.09. The van der Waals surface area contributed by atoms with E-state index in [2.05, 4.69) is 0 Å². The Balaban J connectivity index is 2.90. The van der Waals surface area contributed by atoms with Gasteiger partial charge in [0, 0.05) is 6.42 Å². The summed E-state index contributed by atoms with van der Waals surface area (Å²) in [6, 6.07) is -0.436. The van der Waals surface area contributed by atoms with E-state index in [1.807, 2.05) is 20.8 Å². The summed E-state index contributed by atoms with van der Waals surface area (Å²) in [6.45, 7) is 9.47. The third kappa shape index (κ3) is 2.79. The summed E-state index contributed by atoms with van der Waals surface area (Å²) in [6.07, 6.45) is 2.31. The molecule has 1 saturated heterocycles. The average molecular weight is 241 g/mol.